The summed E-state index contributed by atoms with van der Waals surface area (Å²) in [6, 6.07) is 7.06. The predicted octanol–water partition coefficient (Wildman–Crippen LogP) is 3.88. The zero-order valence-corrected chi connectivity index (χ0v) is 13.4. The molecule has 0 fully saturated rings. The highest BCUT2D eigenvalue weighted by Gasteiger charge is 2.15. The van der Waals surface area contributed by atoms with Crippen molar-refractivity contribution in [3.05, 3.63) is 52.9 Å². The number of benzene rings is 1. The summed E-state index contributed by atoms with van der Waals surface area (Å²) in [4.78, 5) is 4.21. The summed E-state index contributed by atoms with van der Waals surface area (Å²) in [6.45, 7) is 3.73. The van der Waals surface area contributed by atoms with Gasteiger partial charge in [-0.15, -0.1) is 0 Å². The minimum Gasteiger partial charge on any atom is -0.444 e. The highest BCUT2D eigenvalue weighted by atomic mass is 35.5. The third kappa shape index (κ3) is 4.72. The quantitative estimate of drug-likeness (QED) is 0.783. The first kappa shape index (κ1) is 15.8. The minimum absolute atomic E-state index is 0.00862. The Morgan fingerprint density at radius 1 is 1.38 bits per heavy atom. The molecular weight excluding hydrogens is 310 g/mol. The highest BCUT2D eigenvalue weighted by Crippen LogP contribution is 2.22. The number of halogens is 1. The first-order valence-corrected chi connectivity index (χ1v) is 8.60. The van der Waals surface area contributed by atoms with E-state index in [4.69, 9.17) is 16.0 Å². The Bertz CT molecular complexity index is 759. The lowest BCUT2D eigenvalue weighted by Gasteiger charge is -1.98. The van der Waals surface area contributed by atoms with Gasteiger partial charge in [-0.3, -0.25) is 0 Å². The number of oxazole rings is 1. The van der Waals surface area contributed by atoms with Crippen molar-refractivity contribution in [1.29, 1.82) is 0 Å². The van der Waals surface area contributed by atoms with Crippen molar-refractivity contribution in [2.24, 2.45) is 0 Å². The molecule has 0 spiro atoms. The predicted molar refractivity (Wildman–Crippen MR) is 83.9 cm³/mol. The van der Waals surface area contributed by atoms with Crippen LogP contribution >= 0.6 is 11.6 Å². The lowest BCUT2D eigenvalue weighted by Crippen LogP contribution is -2.08. The van der Waals surface area contributed by atoms with Crippen LogP contribution in [0.25, 0.3) is 11.5 Å². The van der Waals surface area contributed by atoms with Crippen molar-refractivity contribution >= 4 is 21.4 Å². The molecule has 0 amide bonds. The Labute approximate surface area is 129 Å². The first-order chi connectivity index (χ1) is 9.85. The Balaban J connectivity index is 2.15. The maximum absolute atomic E-state index is 12.0. The van der Waals surface area contributed by atoms with E-state index in [2.05, 4.69) is 4.98 Å². The van der Waals surface area contributed by atoms with Crippen LogP contribution in [0.1, 0.15) is 19.5 Å². The van der Waals surface area contributed by atoms with Crippen LogP contribution in [0.5, 0.6) is 0 Å². The van der Waals surface area contributed by atoms with Crippen molar-refractivity contribution in [1.82, 2.24) is 4.98 Å². The van der Waals surface area contributed by atoms with Gasteiger partial charge in [-0.1, -0.05) is 29.3 Å². The SMILES string of the molecule is CC(C)=CCS(=O)(=O)Cc1coc(-c2cccc(Cl)c2)n1. The van der Waals surface area contributed by atoms with Gasteiger partial charge in [0.05, 0.1) is 17.2 Å². The van der Waals surface area contributed by atoms with Crippen LogP contribution < -0.4 is 0 Å². The molecule has 0 aliphatic heterocycles. The molecule has 2 rings (SSSR count). The van der Waals surface area contributed by atoms with Crippen molar-refractivity contribution in [3.8, 4) is 11.5 Å². The summed E-state index contributed by atoms with van der Waals surface area (Å²) < 4.78 is 29.2. The Morgan fingerprint density at radius 2 is 2.14 bits per heavy atom. The summed E-state index contributed by atoms with van der Waals surface area (Å²) in [6.07, 6.45) is 3.06. The molecule has 0 bridgehead atoms. The standard InChI is InChI=1S/C15H16ClNO3S/c1-11(2)6-7-21(18,19)10-14-9-20-15(17-14)12-4-3-5-13(16)8-12/h3-6,8-9H,7,10H2,1-2H3. The van der Waals surface area contributed by atoms with Crippen LogP contribution in [0.4, 0.5) is 0 Å². The summed E-state index contributed by atoms with van der Waals surface area (Å²) in [5.41, 5.74) is 2.08. The molecule has 0 aliphatic carbocycles. The summed E-state index contributed by atoms with van der Waals surface area (Å²) in [5.74, 6) is 0.236. The Kier molecular flexibility index (Phi) is 4.85. The zero-order valence-electron chi connectivity index (χ0n) is 11.8. The molecule has 6 heteroatoms. The van der Waals surface area contributed by atoms with E-state index in [1.807, 2.05) is 13.8 Å². The van der Waals surface area contributed by atoms with Crippen LogP contribution in [0.2, 0.25) is 5.02 Å². The number of allylic oxidation sites excluding steroid dienone is 1. The third-order valence-corrected chi connectivity index (χ3v) is 4.38. The average Bonchev–Trinajstić information content (AvgIpc) is 2.84. The van der Waals surface area contributed by atoms with E-state index in [-0.39, 0.29) is 11.5 Å². The Hall–Kier alpha value is -1.59. The molecule has 21 heavy (non-hydrogen) atoms. The molecule has 1 heterocycles. The van der Waals surface area contributed by atoms with E-state index >= 15 is 0 Å². The van der Waals surface area contributed by atoms with Gasteiger partial charge in [0.1, 0.15) is 6.26 Å². The summed E-state index contributed by atoms with van der Waals surface area (Å²) in [7, 11) is -3.23. The molecule has 0 N–H and O–H groups in total. The smallest absolute Gasteiger partial charge is 0.226 e. The molecule has 0 saturated heterocycles. The minimum atomic E-state index is -3.23. The summed E-state index contributed by atoms with van der Waals surface area (Å²) >= 11 is 5.91. The average molecular weight is 326 g/mol. The number of nitrogens with zero attached hydrogens (tertiary/aromatic N) is 1. The fourth-order valence-corrected chi connectivity index (χ4v) is 3.18. The molecule has 112 valence electrons. The van der Waals surface area contributed by atoms with Crippen LogP contribution in [0.3, 0.4) is 0 Å². The van der Waals surface area contributed by atoms with E-state index in [1.165, 1.54) is 6.26 Å². The zero-order chi connectivity index (χ0) is 15.5. The van der Waals surface area contributed by atoms with Gasteiger partial charge in [0.15, 0.2) is 9.84 Å². The monoisotopic (exact) mass is 325 g/mol. The Morgan fingerprint density at radius 3 is 2.81 bits per heavy atom. The number of rotatable bonds is 5. The van der Waals surface area contributed by atoms with Gasteiger partial charge < -0.3 is 4.42 Å². The second-order valence-corrected chi connectivity index (χ2v) is 7.54. The fraction of sp³-hybridized carbons (Fsp3) is 0.267. The molecular formula is C15H16ClNO3S. The van der Waals surface area contributed by atoms with Gasteiger partial charge in [0, 0.05) is 10.6 Å². The van der Waals surface area contributed by atoms with E-state index in [1.54, 1.807) is 30.3 Å². The van der Waals surface area contributed by atoms with Crippen molar-refractivity contribution in [2.75, 3.05) is 5.75 Å². The van der Waals surface area contributed by atoms with E-state index in [9.17, 15) is 8.42 Å². The molecule has 0 saturated carbocycles. The van der Waals surface area contributed by atoms with Gasteiger partial charge in [-0.2, -0.15) is 0 Å². The third-order valence-electron chi connectivity index (χ3n) is 2.74. The molecule has 2 aromatic rings. The van der Waals surface area contributed by atoms with Crippen LogP contribution in [0, 0.1) is 0 Å². The van der Waals surface area contributed by atoms with Gasteiger partial charge in [-0.05, 0) is 32.0 Å². The summed E-state index contributed by atoms with van der Waals surface area (Å²) in [5, 5.41) is 0.573. The van der Waals surface area contributed by atoms with E-state index in [0.717, 1.165) is 11.1 Å². The molecule has 1 aromatic heterocycles. The van der Waals surface area contributed by atoms with E-state index < -0.39 is 9.84 Å². The molecule has 0 unspecified atom stereocenters. The second-order valence-electron chi connectivity index (χ2n) is 4.99. The van der Waals surface area contributed by atoms with Crippen LogP contribution in [-0.2, 0) is 15.6 Å². The number of aromatic nitrogens is 1. The normalized spacial score (nSPS) is 11.4. The van der Waals surface area contributed by atoms with Crippen molar-refractivity contribution in [3.63, 3.8) is 0 Å². The van der Waals surface area contributed by atoms with Gasteiger partial charge in [0.25, 0.3) is 0 Å². The molecule has 0 aliphatic rings. The topological polar surface area (TPSA) is 60.2 Å². The largest absolute Gasteiger partial charge is 0.444 e. The van der Waals surface area contributed by atoms with Crippen LogP contribution in [-0.4, -0.2) is 19.2 Å². The van der Waals surface area contributed by atoms with Gasteiger partial charge in [-0.25, -0.2) is 13.4 Å². The highest BCUT2D eigenvalue weighted by molar-refractivity contribution is 7.90. The maximum Gasteiger partial charge on any atom is 0.226 e. The molecule has 0 radical (unpaired) electrons. The molecule has 4 nitrogen and oxygen atoms in total. The van der Waals surface area contributed by atoms with E-state index in [0.29, 0.717) is 16.6 Å². The van der Waals surface area contributed by atoms with Crippen molar-refractivity contribution in [2.45, 2.75) is 19.6 Å². The maximum atomic E-state index is 12.0. The first-order valence-electron chi connectivity index (χ1n) is 6.40. The lowest BCUT2D eigenvalue weighted by molar-refractivity contribution is 0.572. The molecule has 1 aromatic carbocycles. The van der Waals surface area contributed by atoms with Gasteiger partial charge >= 0.3 is 0 Å². The fourth-order valence-electron chi connectivity index (χ4n) is 1.71. The second kappa shape index (κ2) is 6.45. The number of sulfone groups is 1. The van der Waals surface area contributed by atoms with Gasteiger partial charge in [0.2, 0.25) is 5.89 Å². The lowest BCUT2D eigenvalue weighted by atomic mass is 10.2. The molecule has 0 atom stereocenters. The number of hydrogen-bond donors (Lipinski definition) is 0. The number of hydrogen-bond acceptors (Lipinski definition) is 4. The van der Waals surface area contributed by atoms with Crippen molar-refractivity contribution < 1.29 is 12.8 Å². The van der Waals surface area contributed by atoms with Crippen LogP contribution in [0.15, 0.2) is 46.6 Å².